The molecule has 1 rings (SSSR count). The lowest BCUT2D eigenvalue weighted by atomic mass is 10.1. The van der Waals surface area contributed by atoms with Gasteiger partial charge in [-0.1, -0.05) is 11.6 Å². The summed E-state index contributed by atoms with van der Waals surface area (Å²) in [6, 6.07) is 0.0636. The van der Waals surface area contributed by atoms with Gasteiger partial charge in [-0.15, -0.1) is 0 Å². The van der Waals surface area contributed by atoms with Crippen molar-refractivity contribution in [3.05, 3.63) is 11.6 Å². The largest absolute Gasteiger partial charge is 0.387 e. The maximum atomic E-state index is 9.63. The molecule has 1 saturated heterocycles. The molecule has 0 spiro atoms. The SMILES string of the molecule is CC(C)=CC(O)C1COCCN1. The number of hydrogen-bond donors (Lipinski definition) is 2. The fourth-order valence-electron chi connectivity index (χ4n) is 1.26. The number of morpholine rings is 1. The van der Waals surface area contributed by atoms with Crippen LogP contribution in [0.4, 0.5) is 0 Å². The van der Waals surface area contributed by atoms with Gasteiger partial charge < -0.3 is 15.2 Å². The van der Waals surface area contributed by atoms with Crippen molar-refractivity contribution in [1.82, 2.24) is 5.32 Å². The molecule has 0 aromatic heterocycles. The lowest BCUT2D eigenvalue weighted by Gasteiger charge is -2.26. The highest BCUT2D eigenvalue weighted by Crippen LogP contribution is 2.03. The Labute approximate surface area is 73.4 Å². The maximum absolute atomic E-state index is 9.63. The predicted molar refractivity (Wildman–Crippen MR) is 48.0 cm³/mol. The summed E-state index contributed by atoms with van der Waals surface area (Å²) in [6.45, 7) is 6.14. The van der Waals surface area contributed by atoms with Crippen LogP contribution in [0.2, 0.25) is 0 Å². The van der Waals surface area contributed by atoms with Gasteiger partial charge in [-0.05, 0) is 13.8 Å². The van der Waals surface area contributed by atoms with Crippen LogP contribution in [-0.4, -0.2) is 37.0 Å². The van der Waals surface area contributed by atoms with Gasteiger partial charge in [0.05, 0.1) is 25.4 Å². The molecule has 0 aliphatic carbocycles. The Balaban J connectivity index is 2.39. The van der Waals surface area contributed by atoms with E-state index in [4.69, 9.17) is 4.74 Å². The number of aliphatic hydroxyl groups is 1. The van der Waals surface area contributed by atoms with Crippen LogP contribution in [0.25, 0.3) is 0 Å². The molecule has 0 saturated carbocycles. The monoisotopic (exact) mass is 171 g/mol. The number of rotatable bonds is 2. The van der Waals surface area contributed by atoms with Crippen molar-refractivity contribution in [2.75, 3.05) is 19.8 Å². The van der Waals surface area contributed by atoms with Gasteiger partial charge in [0.15, 0.2) is 0 Å². The van der Waals surface area contributed by atoms with Crippen molar-refractivity contribution in [2.45, 2.75) is 26.0 Å². The number of allylic oxidation sites excluding steroid dienone is 1. The third-order valence-corrected chi connectivity index (χ3v) is 1.87. The van der Waals surface area contributed by atoms with Gasteiger partial charge in [0.25, 0.3) is 0 Å². The molecular formula is C9H17NO2. The van der Waals surface area contributed by atoms with E-state index in [1.54, 1.807) is 0 Å². The van der Waals surface area contributed by atoms with Gasteiger partial charge in [-0.2, -0.15) is 0 Å². The molecule has 1 fully saturated rings. The van der Waals surface area contributed by atoms with Crippen molar-refractivity contribution in [2.24, 2.45) is 0 Å². The van der Waals surface area contributed by atoms with Gasteiger partial charge >= 0.3 is 0 Å². The van der Waals surface area contributed by atoms with Crippen molar-refractivity contribution in [1.29, 1.82) is 0 Å². The Morgan fingerprint density at radius 2 is 2.42 bits per heavy atom. The van der Waals surface area contributed by atoms with Crippen LogP contribution >= 0.6 is 0 Å². The van der Waals surface area contributed by atoms with E-state index in [9.17, 15) is 5.11 Å². The van der Waals surface area contributed by atoms with Crippen molar-refractivity contribution < 1.29 is 9.84 Å². The summed E-state index contributed by atoms with van der Waals surface area (Å²) in [6.07, 6.45) is 1.43. The molecule has 2 unspecified atom stereocenters. The minimum absolute atomic E-state index is 0.0636. The van der Waals surface area contributed by atoms with Crippen LogP contribution in [0.15, 0.2) is 11.6 Å². The first-order chi connectivity index (χ1) is 5.70. The highest BCUT2D eigenvalue weighted by atomic mass is 16.5. The number of hydrogen-bond acceptors (Lipinski definition) is 3. The first kappa shape index (κ1) is 9.71. The molecule has 0 bridgehead atoms. The van der Waals surface area contributed by atoms with E-state index in [2.05, 4.69) is 5.32 Å². The van der Waals surface area contributed by atoms with Crippen molar-refractivity contribution in [3.8, 4) is 0 Å². The molecule has 1 aliphatic rings. The highest BCUT2D eigenvalue weighted by Gasteiger charge is 2.19. The highest BCUT2D eigenvalue weighted by molar-refractivity contribution is 5.02. The molecule has 2 N–H and O–H groups in total. The van der Waals surface area contributed by atoms with Gasteiger partial charge in [0.1, 0.15) is 0 Å². The molecule has 0 aromatic rings. The van der Waals surface area contributed by atoms with Gasteiger partial charge in [0, 0.05) is 6.54 Å². The Bertz CT molecular complexity index is 158. The lowest BCUT2D eigenvalue weighted by Crippen LogP contribution is -2.48. The minimum atomic E-state index is -0.421. The normalized spacial score (nSPS) is 26.4. The van der Waals surface area contributed by atoms with E-state index in [0.717, 1.165) is 18.7 Å². The molecule has 3 heteroatoms. The standard InChI is InChI=1S/C9H17NO2/c1-7(2)5-9(11)8-6-12-4-3-10-8/h5,8-11H,3-4,6H2,1-2H3. The quantitative estimate of drug-likeness (QED) is 0.587. The van der Waals surface area contributed by atoms with Gasteiger partial charge in [0.2, 0.25) is 0 Å². The van der Waals surface area contributed by atoms with Crippen LogP contribution in [0, 0.1) is 0 Å². The molecule has 0 amide bonds. The average molecular weight is 171 g/mol. The molecule has 12 heavy (non-hydrogen) atoms. The van der Waals surface area contributed by atoms with Crippen LogP contribution in [0.3, 0.4) is 0 Å². The van der Waals surface area contributed by atoms with Crippen molar-refractivity contribution in [3.63, 3.8) is 0 Å². The summed E-state index contributed by atoms with van der Waals surface area (Å²) in [5, 5.41) is 12.8. The first-order valence-corrected chi connectivity index (χ1v) is 4.34. The van der Waals surface area contributed by atoms with E-state index in [0.29, 0.717) is 6.61 Å². The average Bonchev–Trinajstić information content (AvgIpc) is 2.05. The predicted octanol–water partition coefficient (Wildman–Crippen LogP) is 0.302. The van der Waals surface area contributed by atoms with Crippen LogP contribution < -0.4 is 5.32 Å². The van der Waals surface area contributed by atoms with E-state index >= 15 is 0 Å². The molecule has 70 valence electrons. The molecule has 0 aromatic carbocycles. The van der Waals surface area contributed by atoms with Gasteiger partial charge in [-0.25, -0.2) is 0 Å². The van der Waals surface area contributed by atoms with Crippen molar-refractivity contribution >= 4 is 0 Å². The third-order valence-electron chi connectivity index (χ3n) is 1.87. The fourth-order valence-corrected chi connectivity index (χ4v) is 1.26. The number of aliphatic hydroxyl groups excluding tert-OH is 1. The Morgan fingerprint density at radius 3 is 2.92 bits per heavy atom. The number of ether oxygens (including phenoxy) is 1. The second-order valence-electron chi connectivity index (χ2n) is 3.37. The van der Waals surface area contributed by atoms with E-state index in [-0.39, 0.29) is 6.04 Å². The topological polar surface area (TPSA) is 41.5 Å². The van der Waals surface area contributed by atoms with Gasteiger partial charge in [-0.3, -0.25) is 0 Å². The van der Waals surface area contributed by atoms with E-state index in [1.807, 2.05) is 19.9 Å². The second-order valence-corrected chi connectivity index (χ2v) is 3.37. The molecular weight excluding hydrogens is 154 g/mol. The molecule has 2 atom stereocenters. The Kier molecular flexibility index (Phi) is 3.72. The fraction of sp³-hybridized carbons (Fsp3) is 0.778. The third kappa shape index (κ3) is 2.93. The molecule has 1 heterocycles. The van der Waals surface area contributed by atoms with E-state index < -0.39 is 6.10 Å². The zero-order valence-corrected chi connectivity index (χ0v) is 7.71. The zero-order valence-electron chi connectivity index (χ0n) is 7.71. The Morgan fingerprint density at radius 1 is 1.67 bits per heavy atom. The maximum Gasteiger partial charge on any atom is 0.0898 e. The van der Waals surface area contributed by atoms with Crippen LogP contribution in [0.1, 0.15) is 13.8 Å². The van der Waals surface area contributed by atoms with E-state index in [1.165, 1.54) is 0 Å². The summed E-state index contributed by atoms with van der Waals surface area (Å²) >= 11 is 0. The summed E-state index contributed by atoms with van der Waals surface area (Å²) in [4.78, 5) is 0. The minimum Gasteiger partial charge on any atom is -0.387 e. The number of nitrogens with one attached hydrogen (secondary N) is 1. The summed E-state index contributed by atoms with van der Waals surface area (Å²) in [7, 11) is 0. The lowest BCUT2D eigenvalue weighted by molar-refractivity contribution is 0.0343. The first-order valence-electron chi connectivity index (χ1n) is 4.34. The molecule has 1 aliphatic heterocycles. The summed E-state index contributed by atoms with van der Waals surface area (Å²) in [5.74, 6) is 0. The molecule has 0 radical (unpaired) electrons. The molecule has 3 nitrogen and oxygen atoms in total. The smallest absolute Gasteiger partial charge is 0.0898 e. The summed E-state index contributed by atoms with van der Waals surface area (Å²) in [5.41, 5.74) is 1.13. The zero-order chi connectivity index (χ0) is 8.97. The summed E-state index contributed by atoms with van der Waals surface area (Å²) < 4.78 is 5.23. The second kappa shape index (κ2) is 4.60. The van der Waals surface area contributed by atoms with Crippen LogP contribution in [0.5, 0.6) is 0 Å². The Hall–Kier alpha value is -0.380. The van der Waals surface area contributed by atoms with Crippen LogP contribution in [-0.2, 0) is 4.74 Å².